The third-order valence-electron chi connectivity index (χ3n) is 5.19. The Hall–Kier alpha value is -2.85. The number of anilines is 1. The van der Waals surface area contributed by atoms with E-state index >= 15 is 0 Å². The zero-order valence-corrected chi connectivity index (χ0v) is 17.4. The molecule has 0 bridgehead atoms. The summed E-state index contributed by atoms with van der Waals surface area (Å²) in [6.07, 6.45) is 2.85. The Morgan fingerprint density at radius 3 is 2.70 bits per heavy atom. The zero-order chi connectivity index (χ0) is 21.3. The molecule has 1 unspecified atom stereocenters. The van der Waals surface area contributed by atoms with E-state index in [1.165, 1.54) is 10.9 Å². The first kappa shape index (κ1) is 20.4. The maximum Gasteiger partial charge on any atom is 0.311 e. The van der Waals surface area contributed by atoms with Crippen molar-refractivity contribution in [2.45, 2.75) is 25.7 Å². The molecule has 2 aromatic heterocycles. The molecule has 2 saturated heterocycles. The number of hydrogen-bond acceptors (Lipinski definition) is 8. The number of hydrogen-bond donors (Lipinski definition) is 0. The van der Waals surface area contributed by atoms with Crippen molar-refractivity contribution in [3.05, 3.63) is 40.7 Å². The maximum absolute atomic E-state index is 12.7. The van der Waals surface area contributed by atoms with Gasteiger partial charge < -0.3 is 28.4 Å². The average Bonchev–Trinajstić information content (AvgIpc) is 3.38. The minimum atomic E-state index is -0.656. The van der Waals surface area contributed by atoms with Gasteiger partial charge in [0.2, 0.25) is 5.75 Å². The summed E-state index contributed by atoms with van der Waals surface area (Å²) in [7, 11) is 1.58. The zero-order valence-electron chi connectivity index (χ0n) is 17.4. The molecule has 2 aliphatic rings. The van der Waals surface area contributed by atoms with E-state index in [0.29, 0.717) is 44.2 Å². The number of carbonyl (C=O) groups is 1. The van der Waals surface area contributed by atoms with Crippen molar-refractivity contribution < 1.29 is 23.4 Å². The number of piperazine rings is 1. The van der Waals surface area contributed by atoms with Gasteiger partial charge in [-0.2, -0.15) is 5.10 Å². The quantitative estimate of drug-likeness (QED) is 0.705. The van der Waals surface area contributed by atoms with Crippen molar-refractivity contribution >= 4 is 11.6 Å². The summed E-state index contributed by atoms with van der Waals surface area (Å²) in [5, 5.41) is 4.14. The molecule has 0 aromatic carbocycles. The monoisotopic (exact) mass is 418 g/mol. The van der Waals surface area contributed by atoms with E-state index in [-0.39, 0.29) is 29.9 Å². The number of nitrogens with zero attached hydrogens (tertiary/aromatic N) is 4. The van der Waals surface area contributed by atoms with Gasteiger partial charge in [0.1, 0.15) is 18.4 Å². The minimum Gasteiger partial charge on any atom is -0.483 e. The molecule has 162 valence electrons. The summed E-state index contributed by atoms with van der Waals surface area (Å²) in [4.78, 5) is 28.9. The van der Waals surface area contributed by atoms with Crippen molar-refractivity contribution in [3.63, 3.8) is 0 Å². The molecule has 1 amide bonds. The predicted molar refractivity (Wildman–Crippen MR) is 107 cm³/mol. The van der Waals surface area contributed by atoms with Crippen LogP contribution in [0.3, 0.4) is 0 Å². The van der Waals surface area contributed by atoms with Crippen LogP contribution < -0.4 is 15.2 Å². The Kier molecular flexibility index (Phi) is 5.52. The van der Waals surface area contributed by atoms with Gasteiger partial charge >= 0.3 is 5.56 Å². The van der Waals surface area contributed by atoms with Crippen molar-refractivity contribution in [3.8, 4) is 5.75 Å². The van der Waals surface area contributed by atoms with E-state index < -0.39 is 5.79 Å². The first-order valence-electron chi connectivity index (χ1n) is 9.93. The number of ether oxygens (including phenoxy) is 3. The van der Waals surface area contributed by atoms with Crippen LogP contribution in [0.25, 0.3) is 0 Å². The Morgan fingerprint density at radius 2 is 2.07 bits per heavy atom. The SMILES string of the molecule is Cn1ncc(N2CCN(C(=O)c3ccco3)CC2)c(OCC2COC(C)(C)O2)c1=O. The lowest BCUT2D eigenvalue weighted by Crippen LogP contribution is -2.49. The van der Waals surface area contributed by atoms with Gasteiger partial charge in [-0.15, -0.1) is 0 Å². The van der Waals surface area contributed by atoms with Gasteiger partial charge in [0.05, 0.1) is 19.1 Å². The molecule has 0 aliphatic carbocycles. The highest BCUT2D eigenvalue weighted by Crippen LogP contribution is 2.27. The first-order chi connectivity index (χ1) is 14.3. The maximum atomic E-state index is 12.7. The fourth-order valence-corrected chi connectivity index (χ4v) is 3.60. The summed E-state index contributed by atoms with van der Waals surface area (Å²) in [6, 6.07) is 3.35. The fraction of sp³-hybridized carbons (Fsp3) is 0.550. The highest BCUT2D eigenvalue weighted by Gasteiger charge is 2.34. The van der Waals surface area contributed by atoms with Crippen molar-refractivity contribution in [2.75, 3.05) is 44.3 Å². The number of carbonyl (C=O) groups excluding carboxylic acids is 1. The van der Waals surface area contributed by atoms with Crippen LogP contribution in [0.5, 0.6) is 5.75 Å². The second-order valence-electron chi connectivity index (χ2n) is 7.81. The molecular formula is C20H26N4O6. The van der Waals surface area contributed by atoms with E-state index in [9.17, 15) is 9.59 Å². The van der Waals surface area contributed by atoms with Gasteiger partial charge in [0.15, 0.2) is 11.5 Å². The van der Waals surface area contributed by atoms with Crippen LogP contribution in [0.2, 0.25) is 0 Å². The van der Waals surface area contributed by atoms with E-state index in [4.69, 9.17) is 18.6 Å². The Bertz CT molecular complexity index is 947. The third-order valence-corrected chi connectivity index (χ3v) is 5.19. The van der Waals surface area contributed by atoms with Crippen molar-refractivity contribution in [2.24, 2.45) is 7.05 Å². The fourth-order valence-electron chi connectivity index (χ4n) is 3.60. The Labute approximate surface area is 173 Å². The number of rotatable bonds is 5. The van der Waals surface area contributed by atoms with Crippen LogP contribution in [0.15, 0.2) is 33.8 Å². The minimum absolute atomic E-state index is 0.140. The molecular weight excluding hydrogens is 392 g/mol. The molecule has 30 heavy (non-hydrogen) atoms. The molecule has 2 fully saturated rings. The summed E-state index contributed by atoms with van der Waals surface area (Å²) >= 11 is 0. The van der Waals surface area contributed by atoms with E-state index in [0.717, 1.165) is 0 Å². The normalized spacial score (nSPS) is 21.1. The largest absolute Gasteiger partial charge is 0.483 e. The smallest absolute Gasteiger partial charge is 0.311 e. The lowest BCUT2D eigenvalue weighted by atomic mass is 10.2. The molecule has 1 atom stereocenters. The second-order valence-corrected chi connectivity index (χ2v) is 7.81. The van der Waals surface area contributed by atoms with Gasteiger partial charge in [0.25, 0.3) is 5.91 Å². The van der Waals surface area contributed by atoms with Gasteiger partial charge in [-0.25, -0.2) is 4.68 Å². The summed E-state index contributed by atoms with van der Waals surface area (Å²) < 4.78 is 23.7. The Balaban J connectivity index is 1.45. The van der Waals surface area contributed by atoms with Crippen molar-refractivity contribution in [1.29, 1.82) is 0 Å². The molecule has 4 rings (SSSR count). The van der Waals surface area contributed by atoms with Crippen LogP contribution >= 0.6 is 0 Å². The summed E-state index contributed by atoms with van der Waals surface area (Å²) in [5.74, 6) is -0.244. The van der Waals surface area contributed by atoms with Gasteiger partial charge in [-0.05, 0) is 26.0 Å². The molecule has 0 radical (unpaired) electrons. The number of aromatic nitrogens is 2. The molecule has 2 aliphatic heterocycles. The third kappa shape index (κ3) is 4.19. The van der Waals surface area contributed by atoms with Gasteiger partial charge in [0, 0.05) is 33.2 Å². The number of amides is 1. The van der Waals surface area contributed by atoms with Crippen LogP contribution in [-0.2, 0) is 16.5 Å². The van der Waals surface area contributed by atoms with E-state index in [2.05, 4.69) is 5.10 Å². The topological polar surface area (TPSA) is 99.3 Å². The van der Waals surface area contributed by atoms with Crippen LogP contribution in [0.1, 0.15) is 24.4 Å². The Morgan fingerprint density at radius 1 is 1.30 bits per heavy atom. The average molecular weight is 418 g/mol. The highest BCUT2D eigenvalue weighted by molar-refractivity contribution is 5.91. The van der Waals surface area contributed by atoms with Crippen molar-refractivity contribution in [1.82, 2.24) is 14.7 Å². The molecule has 0 spiro atoms. The number of aryl methyl sites for hydroxylation is 1. The molecule has 10 heteroatoms. The lowest BCUT2D eigenvalue weighted by Gasteiger charge is -2.36. The number of furan rings is 1. The van der Waals surface area contributed by atoms with Crippen LogP contribution in [0.4, 0.5) is 5.69 Å². The van der Waals surface area contributed by atoms with Crippen LogP contribution in [0, 0.1) is 0 Å². The van der Waals surface area contributed by atoms with E-state index in [1.54, 1.807) is 30.3 Å². The molecule has 10 nitrogen and oxygen atoms in total. The molecule has 0 N–H and O–H groups in total. The van der Waals surface area contributed by atoms with Gasteiger partial charge in [-0.1, -0.05) is 0 Å². The molecule has 2 aromatic rings. The summed E-state index contributed by atoms with van der Waals surface area (Å²) in [5.41, 5.74) is 0.293. The van der Waals surface area contributed by atoms with E-state index in [1.807, 2.05) is 18.7 Å². The van der Waals surface area contributed by atoms with Crippen LogP contribution in [-0.4, -0.2) is 71.9 Å². The summed E-state index contributed by atoms with van der Waals surface area (Å²) in [6.45, 7) is 6.39. The molecule has 0 saturated carbocycles. The standard InChI is InChI=1S/C20H26N4O6/c1-20(2)29-13-14(30-20)12-28-17-15(11-21-22(3)19(17)26)23-6-8-24(9-7-23)18(25)16-5-4-10-27-16/h4-5,10-11,14H,6-9,12-13H2,1-3H3. The molecule has 4 heterocycles. The lowest BCUT2D eigenvalue weighted by molar-refractivity contribution is -0.141. The second kappa shape index (κ2) is 8.11. The highest BCUT2D eigenvalue weighted by atomic mass is 16.7. The first-order valence-corrected chi connectivity index (χ1v) is 9.93. The van der Waals surface area contributed by atoms with Gasteiger partial charge in [-0.3, -0.25) is 9.59 Å². The predicted octanol–water partition coefficient (Wildman–Crippen LogP) is 0.866.